The summed E-state index contributed by atoms with van der Waals surface area (Å²) in [5.74, 6) is 0.338. The van der Waals surface area contributed by atoms with Gasteiger partial charge < -0.3 is 19.7 Å². The van der Waals surface area contributed by atoms with E-state index in [2.05, 4.69) is 50.8 Å². The summed E-state index contributed by atoms with van der Waals surface area (Å²) in [6.45, 7) is 2.45. The molecule has 6 heteroatoms. The number of fused-ring (bicyclic) bond motifs is 1. The third-order valence-electron chi connectivity index (χ3n) is 4.65. The molecule has 0 radical (unpaired) electrons. The van der Waals surface area contributed by atoms with Gasteiger partial charge in [0.15, 0.2) is 0 Å². The Morgan fingerprint density at radius 2 is 2.07 bits per heavy atom. The number of carbonyl (C=O) groups excluding carboxylic acids is 1. The van der Waals surface area contributed by atoms with Gasteiger partial charge in [-0.05, 0) is 65.3 Å². The molecule has 1 atom stereocenters. The zero-order chi connectivity index (χ0) is 20.1. The van der Waals surface area contributed by atoms with Crippen LogP contribution in [0.1, 0.15) is 29.3 Å². The number of para-hydroxylation sites is 1. The Kier molecular flexibility index (Phi) is 6.96. The Morgan fingerprint density at radius 3 is 2.82 bits per heavy atom. The topological polar surface area (TPSA) is 63.5 Å². The van der Waals surface area contributed by atoms with Crippen LogP contribution in [0.25, 0.3) is 10.9 Å². The quantitative estimate of drug-likeness (QED) is 0.469. The Labute approximate surface area is 178 Å². The number of ether oxygens (including phenoxy) is 1. The number of nitrogens with zero attached hydrogens (tertiary/aromatic N) is 1. The van der Waals surface area contributed by atoms with Crippen molar-refractivity contribution in [1.82, 2.24) is 9.88 Å². The third kappa shape index (κ3) is 4.67. The summed E-state index contributed by atoms with van der Waals surface area (Å²) in [6.07, 6.45) is 3.48. The van der Waals surface area contributed by atoms with Crippen LogP contribution in [0.2, 0.25) is 0 Å². The van der Waals surface area contributed by atoms with Gasteiger partial charge in [0.25, 0.3) is 5.91 Å². The van der Waals surface area contributed by atoms with Crippen LogP contribution < -0.4 is 10.1 Å². The van der Waals surface area contributed by atoms with Gasteiger partial charge in [0.1, 0.15) is 5.75 Å². The highest BCUT2D eigenvalue weighted by atomic mass is 127. The molecule has 0 aliphatic heterocycles. The molecule has 1 aromatic heterocycles. The molecular weight excluding hydrogens is 467 g/mol. The molecule has 0 bridgehead atoms. The van der Waals surface area contributed by atoms with Gasteiger partial charge in [0, 0.05) is 27.7 Å². The maximum Gasteiger partial charge on any atom is 0.255 e. The van der Waals surface area contributed by atoms with Crippen molar-refractivity contribution >= 4 is 39.4 Å². The monoisotopic (exact) mass is 492 g/mol. The minimum Gasteiger partial charge on any atom is -0.493 e. The van der Waals surface area contributed by atoms with Gasteiger partial charge in [-0.2, -0.15) is 0 Å². The van der Waals surface area contributed by atoms with Gasteiger partial charge in [-0.3, -0.25) is 4.79 Å². The van der Waals surface area contributed by atoms with Crippen molar-refractivity contribution in [1.29, 1.82) is 0 Å². The molecule has 3 rings (SSSR count). The van der Waals surface area contributed by atoms with Crippen molar-refractivity contribution in [2.75, 3.05) is 13.2 Å². The van der Waals surface area contributed by atoms with Gasteiger partial charge >= 0.3 is 0 Å². The summed E-state index contributed by atoms with van der Waals surface area (Å²) in [5.41, 5.74) is 2.73. The fourth-order valence-electron chi connectivity index (χ4n) is 3.30. The predicted molar refractivity (Wildman–Crippen MR) is 120 cm³/mol. The van der Waals surface area contributed by atoms with Crippen LogP contribution in [-0.2, 0) is 13.5 Å². The van der Waals surface area contributed by atoms with Crippen molar-refractivity contribution in [3.8, 4) is 5.75 Å². The number of amides is 1. The third-order valence-corrected chi connectivity index (χ3v) is 5.32. The van der Waals surface area contributed by atoms with Crippen molar-refractivity contribution in [2.24, 2.45) is 7.05 Å². The van der Waals surface area contributed by atoms with E-state index >= 15 is 0 Å². The van der Waals surface area contributed by atoms with Crippen LogP contribution in [0.15, 0.2) is 48.7 Å². The first-order valence-corrected chi connectivity index (χ1v) is 10.5. The molecule has 0 saturated carbocycles. The van der Waals surface area contributed by atoms with E-state index < -0.39 is 0 Å². The summed E-state index contributed by atoms with van der Waals surface area (Å²) in [4.78, 5) is 12.9. The molecule has 3 aromatic rings. The molecule has 0 aliphatic rings. The molecule has 0 fully saturated rings. The number of aliphatic hydroxyl groups is 1. The molecule has 2 aromatic carbocycles. The summed E-state index contributed by atoms with van der Waals surface area (Å²) in [6, 6.07) is 13.3. The predicted octanol–water partition coefficient (Wildman–Crippen LogP) is 3.91. The molecule has 28 heavy (non-hydrogen) atoms. The Bertz CT molecular complexity index is 968. The summed E-state index contributed by atoms with van der Waals surface area (Å²) < 4.78 is 8.75. The highest BCUT2D eigenvalue weighted by Gasteiger charge is 2.19. The first-order chi connectivity index (χ1) is 13.5. The average molecular weight is 492 g/mol. The standard InChI is InChI=1S/C22H25IN2O3/c1-3-10-28-21-9-8-16(23)12-19(21)22(27)24-17(14-26)11-15-13-25(2)20-7-5-4-6-18(15)20/h4-9,12-13,17,26H,3,10-11,14H2,1-2H3,(H,24,27). The van der Waals surface area contributed by atoms with Crippen LogP contribution in [0, 0.1) is 3.57 Å². The minimum absolute atomic E-state index is 0.135. The Morgan fingerprint density at radius 1 is 1.29 bits per heavy atom. The fourth-order valence-corrected chi connectivity index (χ4v) is 3.79. The lowest BCUT2D eigenvalue weighted by atomic mass is 10.0. The van der Waals surface area contributed by atoms with Gasteiger partial charge in [-0.1, -0.05) is 25.1 Å². The van der Waals surface area contributed by atoms with Crippen LogP contribution in [0.4, 0.5) is 0 Å². The van der Waals surface area contributed by atoms with E-state index in [9.17, 15) is 9.90 Å². The second-order valence-electron chi connectivity index (χ2n) is 6.83. The van der Waals surface area contributed by atoms with Crippen molar-refractivity contribution in [3.63, 3.8) is 0 Å². The van der Waals surface area contributed by atoms with E-state index in [0.29, 0.717) is 24.3 Å². The molecule has 0 aliphatic carbocycles. The number of halogens is 1. The minimum atomic E-state index is -0.379. The molecule has 1 amide bonds. The maximum atomic E-state index is 12.9. The maximum absolute atomic E-state index is 12.9. The molecule has 5 nitrogen and oxygen atoms in total. The lowest BCUT2D eigenvalue weighted by molar-refractivity contribution is 0.0912. The Hall–Kier alpha value is -2.06. The van der Waals surface area contributed by atoms with Crippen LogP contribution in [0.5, 0.6) is 5.75 Å². The number of carbonyl (C=O) groups is 1. The lowest BCUT2D eigenvalue weighted by Crippen LogP contribution is -2.39. The summed E-state index contributed by atoms with van der Waals surface area (Å²) in [5, 5.41) is 14.0. The molecule has 0 spiro atoms. The highest BCUT2D eigenvalue weighted by Crippen LogP contribution is 2.23. The van der Waals surface area contributed by atoms with Gasteiger partial charge in [-0.15, -0.1) is 0 Å². The molecular formula is C22H25IN2O3. The van der Waals surface area contributed by atoms with Crippen molar-refractivity contribution in [2.45, 2.75) is 25.8 Å². The second-order valence-corrected chi connectivity index (χ2v) is 8.07. The second kappa shape index (κ2) is 9.43. The number of aryl methyl sites for hydroxylation is 1. The average Bonchev–Trinajstić information content (AvgIpc) is 3.02. The summed E-state index contributed by atoms with van der Waals surface area (Å²) >= 11 is 2.18. The van der Waals surface area contributed by atoms with E-state index in [0.717, 1.165) is 26.5 Å². The van der Waals surface area contributed by atoms with Crippen LogP contribution >= 0.6 is 22.6 Å². The van der Waals surface area contributed by atoms with Gasteiger partial charge in [-0.25, -0.2) is 0 Å². The molecule has 148 valence electrons. The number of aromatic nitrogens is 1. The van der Waals surface area contributed by atoms with Crippen molar-refractivity contribution in [3.05, 3.63) is 63.4 Å². The van der Waals surface area contributed by atoms with E-state index in [1.807, 2.05) is 44.3 Å². The molecule has 1 unspecified atom stereocenters. The van der Waals surface area contributed by atoms with E-state index in [-0.39, 0.29) is 18.6 Å². The number of nitrogens with one attached hydrogen (secondary N) is 1. The largest absolute Gasteiger partial charge is 0.493 e. The van der Waals surface area contributed by atoms with Gasteiger partial charge in [0.05, 0.1) is 24.8 Å². The summed E-state index contributed by atoms with van der Waals surface area (Å²) in [7, 11) is 2.00. The highest BCUT2D eigenvalue weighted by molar-refractivity contribution is 14.1. The first-order valence-electron chi connectivity index (χ1n) is 9.40. The first kappa shape index (κ1) is 20.7. The number of benzene rings is 2. The smallest absolute Gasteiger partial charge is 0.255 e. The molecule has 2 N–H and O–H groups in total. The lowest BCUT2D eigenvalue weighted by Gasteiger charge is -2.18. The normalized spacial score (nSPS) is 12.1. The van der Waals surface area contributed by atoms with E-state index in [4.69, 9.17) is 4.74 Å². The van der Waals surface area contributed by atoms with E-state index in [1.54, 1.807) is 0 Å². The number of aliphatic hydroxyl groups excluding tert-OH is 1. The van der Waals surface area contributed by atoms with Gasteiger partial charge in [0.2, 0.25) is 0 Å². The zero-order valence-corrected chi connectivity index (χ0v) is 18.3. The SMILES string of the molecule is CCCOc1ccc(I)cc1C(=O)NC(CO)Cc1cn(C)c2ccccc12. The van der Waals surface area contributed by atoms with Crippen LogP contribution in [0.3, 0.4) is 0 Å². The number of hydrogen-bond donors (Lipinski definition) is 2. The van der Waals surface area contributed by atoms with E-state index in [1.165, 1.54) is 0 Å². The van der Waals surface area contributed by atoms with Crippen LogP contribution in [-0.4, -0.2) is 34.8 Å². The Balaban J connectivity index is 1.79. The van der Waals surface area contributed by atoms with Crippen molar-refractivity contribution < 1.29 is 14.6 Å². The fraction of sp³-hybridized carbons (Fsp3) is 0.318. The number of rotatable bonds is 8. The number of hydrogen-bond acceptors (Lipinski definition) is 3. The zero-order valence-electron chi connectivity index (χ0n) is 16.1. The molecule has 1 heterocycles. The molecule has 0 saturated heterocycles.